The maximum absolute atomic E-state index is 13.3. The largest absolute Gasteiger partial charge is 0.463 e. The lowest BCUT2D eigenvalue weighted by Gasteiger charge is -2.24. The SMILES string of the molecule is CCOC(=O)C1=C(C)N=c2s/c(=C\C=C\c3ccccc3)c(=O)n2C1c1ccccc1. The number of nitrogens with zero attached hydrogens (tertiary/aromatic N) is 2. The fourth-order valence-electron chi connectivity index (χ4n) is 3.57. The van der Waals surface area contributed by atoms with Crippen LogP contribution < -0.4 is 14.9 Å². The third-order valence-electron chi connectivity index (χ3n) is 4.97. The number of benzene rings is 2. The number of carbonyl (C=O) groups is 1. The maximum atomic E-state index is 13.3. The Morgan fingerprint density at radius 2 is 1.81 bits per heavy atom. The molecule has 1 atom stereocenters. The van der Waals surface area contributed by atoms with E-state index in [1.54, 1.807) is 24.5 Å². The summed E-state index contributed by atoms with van der Waals surface area (Å²) in [5, 5.41) is 0. The fourth-order valence-corrected chi connectivity index (χ4v) is 4.57. The predicted octanol–water partition coefficient (Wildman–Crippen LogP) is 3.46. The van der Waals surface area contributed by atoms with Crippen LogP contribution in [0.2, 0.25) is 0 Å². The van der Waals surface area contributed by atoms with Crippen LogP contribution in [0.4, 0.5) is 0 Å². The van der Waals surface area contributed by atoms with Crippen LogP contribution in [0.15, 0.2) is 87.8 Å². The highest BCUT2D eigenvalue weighted by Gasteiger charge is 2.33. The average Bonchev–Trinajstić information content (AvgIpc) is 3.09. The first kappa shape index (κ1) is 20.8. The molecule has 1 aliphatic rings. The molecule has 1 unspecified atom stereocenters. The van der Waals surface area contributed by atoms with Gasteiger partial charge in [-0.25, -0.2) is 9.79 Å². The third kappa shape index (κ3) is 4.20. The minimum absolute atomic E-state index is 0.176. The Hall–Kier alpha value is -3.51. The van der Waals surface area contributed by atoms with Crippen molar-refractivity contribution in [2.45, 2.75) is 19.9 Å². The molecule has 0 aliphatic carbocycles. The van der Waals surface area contributed by atoms with E-state index in [1.165, 1.54) is 11.3 Å². The topological polar surface area (TPSA) is 60.7 Å². The van der Waals surface area contributed by atoms with Gasteiger partial charge >= 0.3 is 5.97 Å². The molecular formula is C25H22N2O3S. The lowest BCUT2D eigenvalue weighted by atomic mass is 9.96. The van der Waals surface area contributed by atoms with Gasteiger partial charge in [0, 0.05) is 0 Å². The van der Waals surface area contributed by atoms with Gasteiger partial charge in [0.2, 0.25) is 0 Å². The minimum atomic E-state index is -0.572. The number of aromatic nitrogens is 1. The van der Waals surface area contributed by atoms with Gasteiger partial charge < -0.3 is 4.74 Å². The first-order valence-electron chi connectivity index (χ1n) is 10.1. The second kappa shape index (κ2) is 9.10. The number of rotatable bonds is 5. The molecule has 1 aliphatic heterocycles. The summed E-state index contributed by atoms with van der Waals surface area (Å²) < 4.78 is 7.45. The van der Waals surface area contributed by atoms with Crippen LogP contribution in [0.1, 0.15) is 31.0 Å². The lowest BCUT2D eigenvalue weighted by molar-refractivity contribution is -0.139. The number of fused-ring (bicyclic) bond motifs is 1. The molecule has 0 bridgehead atoms. The van der Waals surface area contributed by atoms with E-state index in [1.807, 2.05) is 72.8 Å². The molecule has 0 spiro atoms. The second-order valence-electron chi connectivity index (χ2n) is 7.01. The van der Waals surface area contributed by atoms with Crippen molar-refractivity contribution < 1.29 is 9.53 Å². The van der Waals surface area contributed by atoms with Gasteiger partial charge in [-0.1, -0.05) is 84.2 Å². The molecule has 0 N–H and O–H groups in total. The molecule has 0 saturated heterocycles. The van der Waals surface area contributed by atoms with Gasteiger partial charge in [-0.15, -0.1) is 0 Å². The van der Waals surface area contributed by atoms with E-state index in [-0.39, 0.29) is 12.2 Å². The van der Waals surface area contributed by atoms with E-state index in [0.717, 1.165) is 11.1 Å². The molecule has 156 valence electrons. The predicted molar refractivity (Wildman–Crippen MR) is 123 cm³/mol. The molecule has 2 aromatic carbocycles. The van der Waals surface area contributed by atoms with E-state index in [4.69, 9.17) is 4.74 Å². The molecule has 31 heavy (non-hydrogen) atoms. The fraction of sp³-hybridized carbons (Fsp3) is 0.160. The number of allylic oxidation sites excluding steroid dienone is 2. The van der Waals surface area contributed by atoms with Crippen molar-refractivity contribution in [2.75, 3.05) is 6.61 Å². The smallest absolute Gasteiger partial charge is 0.338 e. The van der Waals surface area contributed by atoms with Crippen LogP contribution in [0.25, 0.3) is 12.2 Å². The Kier molecular flexibility index (Phi) is 6.09. The van der Waals surface area contributed by atoms with Crippen LogP contribution in [0.3, 0.4) is 0 Å². The molecule has 3 aromatic rings. The Bertz CT molecular complexity index is 1330. The van der Waals surface area contributed by atoms with Crippen LogP contribution in [-0.2, 0) is 9.53 Å². The zero-order valence-corrected chi connectivity index (χ0v) is 18.1. The van der Waals surface area contributed by atoms with Crippen LogP contribution in [0, 0.1) is 0 Å². The Labute approximate surface area is 184 Å². The number of hydrogen-bond donors (Lipinski definition) is 0. The van der Waals surface area contributed by atoms with Gasteiger partial charge in [0.05, 0.1) is 28.5 Å². The summed E-state index contributed by atoms with van der Waals surface area (Å²) in [6, 6.07) is 18.8. The maximum Gasteiger partial charge on any atom is 0.338 e. The Morgan fingerprint density at radius 1 is 1.13 bits per heavy atom. The van der Waals surface area contributed by atoms with Crippen molar-refractivity contribution in [1.82, 2.24) is 4.57 Å². The van der Waals surface area contributed by atoms with Gasteiger partial charge in [-0.3, -0.25) is 9.36 Å². The van der Waals surface area contributed by atoms with E-state index in [0.29, 0.717) is 20.6 Å². The molecule has 1 aromatic heterocycles. The van der Waals surface area contributed by atoms with E-state index >= 15 is 0 Å². The van der Waals surface area contributed by atoms with E-state index < -0.39 is 12.0 Å². The summed E-state index contributed by atoms with van der Waals surface area (Å²) in [4.78, 5) is 31.3. The molecule has 0 saturated carbocycles. The summed E-state index contributed by atoms with van der Waals surface area (Å²) in [7, 11) is 0. The van der Waals surface area contributed by atoms with Gasteiger partial charge in [0.25, 0.3) is 5.56 Å². The summed E-state index contributed by atoms with van der Waals surface area (Å²) >= 11 is 1.32. The first-order valence-corrected chi connectivity index (χ1v) is 10.9. The van der Waals surface area contributed by atoms with Crippen LogP contribution in [0.5, 0.6) is 0 Å². The zero-order valence-electron chi connectivity index (χ0n) is 17.3. The zero-order chi connectivity index (χ0) is 21.8. The van der Waals surface area contributed by atoms with Crippen molar-refractivity contribution in [3.05, 3.63) is 109 Å². The molecule has 2 heterocycles. The Balaban J connectivity index is 1.85. The summed E-state index contributed by atoms with van der Waals surface area (Å²) in [6.07, 6.45) is 5.60. The van der Waals surface area contributed by atoms with E-state index in [9.17, 15) is 9.59 Å². The quantitative estimate of drug-likeness (QED) is 0.583. The molecule has 0 fully saturated rings. The number of esters is 1. The van der Waals surface area contributed by atoms with Crippen LogP contribution in [-0.4, -0.2) is 17.1 Å². The Morgan fingerprint density at radius 3 is 2.48 bits per heavy atom. The third-order valence-corrected chi connectivity index (χ3v) is 5.97. The first-order chi connectivity index (χ1) is 15.1. The van der Waals surface area contributed by atoms with Gasteiger partial charge in [0.15, 0.2) is 4.80 Å². The van der Waals surface area contributed by atoms with E-state index in [2.05, 4.69) is 4.99 Å². The monoisotopic (exact) mass is 430 g/mol. The number of hydrogen-bond acceptors (Lipinski definition) is 5. The molecule has 6 heteroatoms. The molecule has 4 rings (SSSR count). The molecule has 0 radical (unpaired) electrons. The van der Waals surface area contributed by atoms with Crippen molar-refractivity contribution in [3.8, 4) is 0 Å². The number of thiazole rings is 1. The van der Waals surface area contributed by atoms with Crippen molar-refractivity contribution in [2.24, 2.45) is 4.99 Å². The van der Waals surface area contributed by atoms with Gasteiger partial charge in [-0.2, -0.15) is 0 Å². The van der Waals surface area contributed by atoms with Crippen LogP contribution >= 0.6 is 11.3 Å². The van der Waals surface area contributed by atoms with Crippen molar-refractivity contribution in [1.29, 1.82) is 0 Å². The highest BCUT2D eigenvalue weighted by atomic mass is 32.1. The highest BCUT2D eigenvalue weighted by Crippen LogP contribution is 2.30. The summed E-state index contributed by atoms with van der Waals surface area (Å²) in [5.74, 6) is -0.448. The lowest BCUT2D eigenvalue weighted by Crippen LogP contribution is -2.39. The molecular weight excluding hydrogens is 408 g/mol. The van der Waals surface area contributed by atoms with Gasteiger partial charge in [-0.05, 0) is 31.1 Å². The standard InChI is InChI=1S/C25H22N2O3S/c1-3-30-24(29)21-17(2)26-25-27(22(21)19-14-8-5-9-15-19)23(28)20(31-25)16-10-13-18-11-6-4-7-12-18/h4-16,22H,3H2,1-2H3/b13-10+,20-16-. The number of ether oxygens (including phenoxy) is 1. The van der Waals surface area contributed by atoms with Crippen molar-refractivity contribution >= 4 is 29.5 Å². The minimum Gasteiger partial charge on any atom is -0.463 e. The average molecular weight is 431 g/mol. The highest BCUT2D eigenvalue weighted by molar-refractivity contribution is 7.07. The second-order valence-corrected chi connectivity index (χ2v) is 8.01. The number of carbonyl (C=O) groups excluding carboxylic acids is 1. The summed E-state index contributed by atoms with van der Waals surface area (Å²) in [6.45, 7) is 3.81. The van der Waals surface area contributed by atoms with Crippen molar-refractivity contribution in [3.63, 3.8) is 0 Å². The molecule has 5 nitrogen and oxygen atoms in total. The molecule has 0 amide bonds. The summed E-state index contributed by atoms with van der Waals surface area (Å²) in [5.41, 5.74) is 2.68. The normalized spacial score (nSPS) is 16.3. The van der Waals surface area contributed by atoms with Gasteiger partial charge in [0.1, 0.15) is 0 Å².